The van der Waals surface area contributed by atoms with Crippen molar-refractivity contribution in [3.8, 4) is 0 Å². The third-order valence-corrected chi connectivity index (χ3v) is 3.70. The fourth-order valence-corrected chi connectivity index (χ4v) is 2.18. The number of nitrogens with zero attached hydrogens (tertiary/aromatic N) is 2. The van der Waals surface area contributed by atoms with Crippen LogP contribution in [0.4, 0.5) is 13.2 Å². The van der Waals surface area contributed by atoms with Gasteiger partial charge in [0.25, 0.3) is 0 Å². The van der Waals surface area contributed by atoms with E-state index in [-0.39, 0.29) is 18.9 Å². The Morgan fingerprint density at radius 1 is 1.35 bits per heavy atom. The van der Waals surface area contributed by atoms with Crippen molar-refractivity contribution >= 4 is 5.91 Å². The molecule has 1 N–H and O–H groups in total. The first-order chi connectivity index (χ1) is 10.8. The summed E-state index contributed by atoms with van der Waals surface area (Å²) in [5.74, 6) is -0.203. The van der Waals surface area contributed by atoms with Gasteiger partial charge in [0.15, 0.2) is 0 Å². The lowest BCUT2D eigenvalue weighted by atomic mass is 10.1. The fourth-order valence-electron chi connectivity index (χ4n) is 2.18. The van der Waals surface area contributed by atoms with Crippen LogP contribution in [-0.2, 0) is 31.0 Å². The maximum absolute atomic E-state index is 12.6. The molecule has 7 heteroatoms. The molecule has 1 aromatic heterocycles. The number of rotatable bonds is 5. The molecule has 0 spiro atoms. The molecule has 0 aliphatic rings. The van der Waals surface area contributed by atoms with Gasteiger partial charge in [-0.2, -0.15) is 18.3 Å². The number of halogens is 3. The third-order valence-electron chi connectivity index (χ3n) is 3.70. The van der Waals surface area contributed by atoms with E-state index in [1.807, 2.05) is 14.0 Å². The highest BCUT2D eigenvalue weighted by Gasteiger charge is 2.30. The quantitative estimate of drug-likeness (QED) is 0.919. The average molecular weight is 325 g/mol. The van der Waals surface area contributed by atoms with Gasteiger partial charge in [-0.15, -0.1) is 0 Å². The van der Waals surface area contributed by atoms with E-state index < -0.39 is 11.7 Å². The van der Waals surface area contributed by atoms with Gasteiger partial charge in [0.05, 0.1) is 11.8 Å². The van der Waals surface area contributed by atoms with E-state index in [0.29, 0.717) is 12.0 Å². The molecule has 0 unspecified atom stereocenters. The molecule has 2 rings (SSSR count). The minimum atomic E-state index is -4.38. The Morgan fingerprint density at radius 2 is 2.09 bits per heavy atom. The Balaban J connectivity index is 1.86. The van der Waals surface area contributed by atoms with Crippen LogP contribution in [0.25, 0.3) is 0 Å². The number of nitrogens with one attached hydrogen (secondary N) is 1. The van der Waals surface area contributed by atoms with Crippen LogP contribution in [0.3, 0.4) is 0 Å². The van der Waals surface area contributed by atoms with Crippen molar-refractivity contribution in [2.75, 3.05) is 0 Å². The number of aryl methyl sites for hydroxylation is 2. The molecule has 0 fully saturated rings. The Bertz CT molecular complexity index is 692. The van der Waals surface area contributed by atoms with Gasteiger partial charge in [0, 0.05) is 25.7 Å². The van der Waals surface area contributed by atoms with Crippen molar-refractivity contribution in [2.45, 2.75) is 32.5 Å². The smallest absolute Gasteiger partial charge is 0.352 e. The maximum Gasteiger partial charge on any atom is 0.416 e. The molecule has 1 aromatic carbocycles. The zero-order valence-electron chi connectivity index (χ0n) is 12.9. The maximum atomic E-state index is 12.6. The van der Waals surface area contributed by atoms with Gasteiger partial charge < -0.3 is 5.32 Å². The molecular weight excluding hydrogens is 307 g/mol. The van der Waals surface area contributed by atoms with E-state index in [2.05, 4.69) is 10.4 Å². The zero-order chi connectivity index (χ0) is 17.0. The van der Waals surface area contributed by atoms with Crippen molar-refractivity contribution in [3.63, 3.8) is 0 Å². The molecular formula is C16H18F3N3O. The highest BCUT2D eigenvalue weighted by Crippen LogP contribution is 2.29. The highest BCUT2D eigenvalue weighted by atomic mass is 19.4. The molecule has 0 aliphatic carbocycles. The van der Waals surface area contributed by atoms with Crippen LogP contribution in [0.2, 0.25) is 0 Å². The summed E-state index contributed by atoms with van der Waals surface area (Å²) < 4.78 is 39.6. The lowest BCUT2D eigenvalue weighted by Crippen LogP contribution is -2.23. The average Bonchev–Trinajstić information content (AvgIpc) is 2.82. The van der Waals surface area contributed by atoms with Crippen LogP contribution in [0.5, 0.6) is 0 Å². The number of carbonyl (C=O) groups is 1. The first-order valence-electron chi connectivity index (χ1n) is 7.17. The van der Waals surface area contributed by atoms with Gasteiger partial charge in [-0.25, -0.2) is 0 Å². The third kappa shape index (κ3) is 4.58. The van der Waals surface area contributed by atoms with E-state index >= 15 is 0 Å². The number of amides is 1. The van der Waals surface area contributed by atoms with Gasteiger partial charge >= 0.3 is 6.18 Å². The normalized spacial score (nSPS) is 11.5. The van der Waals surface area contributed by atoms with E-state index in [1.165, 1.54) is 6.07 Å². The molecule has 1 amide bonds. The second-order valence-corrected chi connectivity index (χ2v) is 5.35. The first-order valence-corrected chi connectivity index (χ1v) is 7.17. The van der Waals surface area contributed by atoms with Gasteiger partial charge in [-0.1, -0.05) is 12.1 Å². The molecule has 0 aliphatic heterocycles. The van der Waals surface area contributed by atoms with Crippen molar-refractivity contribution in [2.24, 2.45) is 7.05 Å². The minimum Gasteiger partial charge on any atom is -0.352 e. The number of benzene rings is 1. The Labute approximate surface area is 132 Å². The topological polar surface area (TPSA) is 46.9 Å². The lowest BCUT2D eigenvalue weighted by molar-refractivity contribution is -0.137. The summed E-state index contributed by atoms with van der Waals surface area (Å²) in [6.07, 6.45) is -1.84. The van der Waals surface area contributed by atoms with Crippen LogP contribution in [0, 0.1) is 6.92 Å². The second-order valence-electron chi connectivity index (χ2n) is 5.35. The molecule has 0 atom stereocenters. The molecule has 1 heterocycles. The predicted octanol–water partition coefficient (Wildman–Crippen LogP) is 3.00. The molecule has 0 bridgehead atoms. The number of alkyl halides is 3. The Morgan fingerprint density at radius 3 is 2.70 bits per heavy atom. The van der Waals surface area contributed by atoms with Crippen molar-refractivity contribution in [1.82, 2.24) is 15.1 Å². The standard InChI is InChI=1S/C16H18F3N3O/c1-11-13(10-21-22(11)2)6-7-15(23)20-9-12-4-3-5-14(8-12)16(17,18)19/h3-5,8,10H,6-7,9H2,1-2H3,(H,20,23). The summed E-state index contributed by atoms with van der Waals surface area (Å²) in [7, 11) is 1.83. The van der Waals surface area contributed by atoms with Gasteiger partial charge in [0.2, 0.25) is 5.91 Å². The van der Waals surface area contributed by atoms with E-state index in [1.54, 1.807) is 16.9 Å². The van der Waals surface area contributed by atoms with Crippen molar-refractivity contribution in [1.29, 1.82) is 0 Å². The summed E-state index contributed by atoms with van der Waals surface area (Å²) >= 11 is 0. The minimum absolute atomic E-state index is 0.0781. The first kappa shape index (κ1) is 17.1. The monoisotopic (exact) mass is 325 g/mol. The fraction of sp³-hybridized carbons (Fsp3) is 0.375. The number of carbonyl (C=O) groups excluding carboxylic acids is 1. The lowest BCUT2D eigenvalue weighted by Gasteiger charge is -2.09. The molecule has 23 heavy (non-hydrogen) atoms. The van der Waals surface area contributed by atoms with Gasteiger partial charge in [-0.3, -0.25) is 9.48 Å². The van der Waals surface area contributed by atoms with Gasteiger partial charge in [0.1, 0.15) is 0 Å². The number of aromatic nitrogens is 2. The Kier molecular flexibility index (Phi) is 5.08. The highest BCUT2D eigenvalue weighted by molar-refractivity contribution is 5.76. The summed E-state index contributed by atoms with van der Waals surface area (Å²) in [6, 6.07) is 4.95. The molecule has 0 radical (unpaired) electrons. The van der Waals surface area contributed by atoms with Gasteiger partial charge in [-0.05, 0) is 36.6 Å². The summed E-state index contributed by atoms with van der Waals surface area (Å²) in [5, 5.41) is 6.74. The van der Waals surface area contributed by atoms with E-state index in [4.69, 9.17) is 0 Å². The van der Waals surface area contributed by atoms with E-state index in [0.717, 1.165) is 23.4 Å². The van der Waals surface area contributed by atoms with Crippen LogP contribution in [0.15, 0.2) is 30.5 Å². The SMILES string of the molecule is Cc1c(CCC(=O)NCc2cccc(C(F)(F)F)c2)cnn1C. The molecule has 0 saturated heterocycles. The number of hydrogen-bond donors (Lipinski definition) is 1. The van der Waals surface area contributed by atoms with Crippen LogP contribution in [-0.4, -0.2) is 15.7 Å². The summed E-state index contributed by atoms with van der Waals surface area (Å²) in [6.45, 7) is 2.00. The predicted molar refractivity (Wildman–Crippen MR) is 79.6 cm³/mol. The molecule has 124 valence electrons. The van der Waals surface area contributed by atoms with Crippen LogP contribution < -0.4 is 5.32 Å². The summed E-state index contributed by atoms with van der Waals surface area (Å²) in [5.41, 5.74) is 1.69. The number of hydrogen-bond acceptors (Lipinski definition) is 2. The molecule has 0 saturated carbocycles. The largest absolute Gasteiger partial charge is 0.416 e. The van der Waals surface area contributed by atoms with Crippen LogP contribution >= 0.6 is 0 Å². The zero-order valence-corrected chi connectivity index (χ0v) is 12.9. The summed E-state index contributed by atoms with van der Waals surface area (Å²) in [4.78, 5) is 11.8. The van der Waals surface area contributed by atoms with Crippen LogP contribution in [0.1, 0.15) is 28.8 Å². The van der Waals surface area contributed by atoms with E-state index in [9.17, 15) is 18.0 Å². The van der Waals surface area contributed by atoms with Crippen molar-refractivity contribution < 1.29 is 18.0 Å². The second kappa shape index (κ2) is 6.85. The van der Waals surface area contributed by atoms with Crippen molar-refractivity contribution in [3.05, 3.63) is 52.8 Å². The molecule has 2 aromatic rings. The Hall–Kier alpha value is -2.31. The molecule has 4 nitrogen and oxygen atoms in total.